The third-order valence-corrected chi connectivity index (χ3v) is 3.59. The monoisotopic (exact) mass is 321 g/mol. The molecule has 0 aliphatic heterocycles. The smallest absolute Gasteiger partial charge is 0.222 e. The molecule has 0 aliphatic rings. The van der Waals surface area contributed by atoms with E-state index in [1.54, 1.807) is 30.5 Å². The number of benzene rings is 1. The highest BCUT2D eigenvalue weighted by molar-refractivity contribution is 6.30. The molecule has 2 unspecified atom stereocenters. The molecule has 5 nitrogen and oxygen atoms in total. The van der Waals surface area contributed by atoms with Gasteiger partial charge < -0.3 is 10.4 Å². The lowest BCUT2D eigenvalue weighted by atomic mass is 10.1. The first-order chi connectivity index (χ1) is 10.5. The molecule has 0 aliphatic carbocycles. The summed E-state index contributed by atoms with van der Waals surface area (Å²) in [4.78, 5) is 11.9. The lowest BCUT2D eigenvalue weighted by Crippen LogP contribution is -2.31. The molecule has 0 spiro atoms. The molecule has 1 amide bonds. The Morgan fingerprint density at radius 2 is 2.14 bits per heavy atom. The van der Waals surface area contributed by atoms with E-state index in [1.807, 2.05) is 23.9 Å². The van der Waals surface area contributed by atoms with Gasteiger partial charge in [-0.05, 0) is 29.7 Å². The second-order valence-corrected chi connectivity index (χ2v) is 5.85. The van der Waals surface area contributed by atoms with Gasteiger partial charge in [-0.25, -0.2) is 0 Å². The summed E-state index contributed by atoms with van der Waals surface area (Å²) < 4.78 is 1.83. The molecular formula is C16H20ClN3O2. The van der Waals surface area contributed by atoms with Crippen LogP contribution in [0.15, 0.2) is 42.7 Å². The van der Waals surface area contributed by atoms with Gasteiger partial charge in [0.15, 0.2) is 0 Å². The maximum absolute atomic E-state index is 11.9. The van der Waals surface area contributed by atoms with Crippen molar-refractivity contribution in [1.82, 2.24) is 15.1 Å². The average Bonchev–Trinajstić information content (AvgIpc) is 2.98. The Kier molecular flexibility index (Phi) is 5.98. The highest BCUT2D eigenvalue weighted by Crippen LogP contribution is 2.18. The van der Waals surface area contributed by atoms with Crippen LogP contribution >= 0.6 is 11.6 Å². The van der Waals surface area contributed by atoms with Crippen LogP contribution in [0.4, 0.5) is 0 Å². The summed E-state index contributed by atoms with van der Waals surface area (Å²) in [5.41, 5.74) is 0.684. The molecule has 0 saturated carbocycles. The number of aliphatic hydroxyl groups excluding tert-OH is 1. The van der Waals surface area contributed by atoms with Crippen molar-refractivity contribution < 1.29 is 9.90 Å². The zero-order chi connectivity index (χ0) is 15.9. The largest absolute Gasteiger partial charge is 0.388 e. The Labute approximate surface area is 134 Å². The van der Waals surface area contributed by atoms with Crippen LogP contribution < -0.4 is 5.32 Å². The van der Waals surface area contributed by atoms with Crippen molar-refractivity contribution in [2.24, 2.45) is 5.92 Å². The molecule has 1 heterocycles. The van der Waals surface area contributed by atoms with Crippen molar-refractivity contribution in [3.63, 3.8) is 0 Å². The number of hydrogen-bond acceptors (Lipinski definition) is 3. The van der Waals surface area contributed by atoms with Crippen molar-refractivity contribution in [2.75, 3.05) is 6.54 Å². The van der Waals surface area contributed by atoms with Gasteiger partial charge in [-0.15, -0.1) is 0 Å². The first kappa shape index (κ1) is 16.5. The highest BCUT2D eigenvalue weighted by atomic mass is 35.5. The maximum Gasteiger partial charge on any atom is 0.222 e. The molecule has 2 N–H and O–H groups in total. The Morgan fingerprint density at radius 1 is 1.41 bits per heavy atom. The number of nitrogens with one attached hydrogen (secondary N) is 1. The van der Waals surface area contributed by atoms with Gasteiger partial charge in [0, 0.05) is 30.5 Å². The van der Waals surface area contributed by atoms with Crippen molar-refractivity contribution >= 4 is 17.5 Å². The van der Waals surface area contributed by atoms with Crippen LogP contribution in [0.3, 0.4) is 0 Å². The third kappa shape index (κ3) is 5.16. The summed E-state index contributed by atoms with van der Waals surface area (Å²) >= 11 is 5.80. The third-order valence-electron chi connectivity index (χ3n) is 3.34. The normalized spacial score (nSPS) is 13.6. The Bertz CT molecular complexity index is 584. The van der Waals surface area contributed by atoms with Crippen LogP contribution in [-0.4, -0.2) is 27.3 Å². The van der Waals surface area contributed by atoms with Gasteiger partial charge >= 0.3 is 0 Å². The van der Waals surface area contributed by atoms with E-state index < -0.39 is 6.10 Å². The molecule has 0 bridgehead atoms. The fourth-order valence-electron chi connectivity index (χ4n) is 2.13. The molecule has 2 aromatic rings. The molecule has 1 aromatic carbocycles. The van der Waals surface area contributed by atoms with Gasteiger partial charge in [-0.2, -0.15) is 5.10 Å². The van der Waals surface area contributed by atoms with Crippen LogP contribution in [-0.2, 0) is 11.3 Å². The number of aliphatic hydroxyl groups is 1. The molecule has 0 fully saturated rings. The molecule has 2 rings (SSSR count). The second-order valence-electron chi connectivity index (χ2n) is 5.41. The fourth-order valence-corrected chi connectivity index (χ4v) is 2.26. The van der Waals surface area contributed by atoms with Gasteiger partial charge in [-0.3, -0.25) is 9.48 Å². The lowest BCUT2D eigenvalue weighted by molar-refractivity contribution is -0.123. The van der Waals surface area contributed by atoms with Crippen molar-refractivity contribution in [3.05, 3.63) is 53.3 Å². The van der Waals surface area contributed by atoms with Crippen molar-refractivity contribution in [2.45, 2.75) is 26.0 Å². The topological polar surface area (TPSA) is 67.2 Å². The summed E-state index contributed by atoms with van der Waals surface area (Å²) in [5.74, 6) is 0.0892. The predicted molar refractivity (Wildman–Crippen MR) is 85.4 cm³/mol. The zero-order valence-electron chi connectivity index (χ0n) is 12.4. The van der Waals surface area contributed by atoms with E-state index in [2.05, 4.69) is 10.4 Å². The van der Waals surface area contributed by atoms with E-state index in [0.717, 1.165) is 6.54 Å². The second kappa shape index (κ2) is 7.96. The number of nitrogens with zero attached hydrogens (tertiary/aromatic N) is 2. The van der Waals surface area contributed by atoms with Gasteiger partial charge in [-0.1, -0.05) is 30.7 Å². The zero-order valence-corrected chi connectivity index (χ0v) is 13.2. The number of amides is 1. The van der Waals surface area contributed by atoms with E-state index in [-0.39, 0.29) is 18.2 Å². The highest BCUT2D eigenvalue weighted by Gasteiger charge is 2.13. The standard InChI is InChI=1S/C16H20ClN3O2/c1-12(11-20-8-2-7-19-20)10-18-16(22)9-15(21)13-3-5-14(17)6-4-13/h2-8,12,15,21H,9-11H2,1H3,(H,18,22). The number of carbonyl (C=O) groups excluding carboxylic acids is 1. The van der Waals surface area contributed by atoms with Gasteiger partial charge in [0.2, 0.25) is 5.91 Å². The molecule has 1 aromatic heterocycles. The van der Waals surface area contributed by atoms with Gasteiger partial charge in [0.1, 0.15) is 0 Å². The van der Waals surface area contributed by atoms with Crippen LogP contribution in [0.1, 0.15) is 25.0 Å². The number of rotatable bonds is 7. The predicted octanol–water partition coefficient (Wildman–Crippen LogP) is 2.41. The first-order valence-electron chi connectivity index (χ1n) is 7.22. The SMILES string of the molecule is CC(CNC(=O)CC(O)c1ccc(Cl)cc1)Cn1cccn1. The minimum absolute atomic E-state index is 0.0378. The molecule has 0 radical (unpaired) electrons. The number of halogens is 1. The minimum Gasteiger partial charge on any atom is -0.388 e. The minimum atomic E-state index is -0.821. The van der Waals surface area contributed by atoms with E-state index >= 15 is 0 Å². The maximum atomic E-state index is 11.9. The van der Waals surface area contributed by atoms with Crippen molar-refractivity contribution in [1.29, 1.82) is 0 Å². The lowest BCUT2D eigenvalue weighted by Gasteiger charge is -2.15. The molecular weight excluding hydrogens is 302 g/mol. The van der Waals surface area contributed by atoms with E-state index in [0.29, 0.717) is 17.1 Å². The molecule has 118 valence electrons. The van der Waals surface area contributed by atoms with Gasteiger partial charge in [0.05, 0.1) is 12.5 Å². The summed E-state index contributed by atoms with van der Waals surface area (Å²) in [7, 11) is 0. The van der Waals surface area contributed by atoms with E-state index in [1.165, 1.54) is 0 Å². The Hall–Kier alpha value is -1.85. The van der Waals surface area contributed by atoms with Crippen LogP contribution in [0.25, 0.3) is 0 Å². The molecule has 0 saturated heterocycles. The van der Waals surface area contributed by atoms with Gasteiger partial charge in [0.25, 0.3) is 0 Å². The van der Waals surface area contributed by atoms with Crippen LogP contribution in [0.5, 0.6) is 0 Å². The summed E-state index contributed by atoms with van der Waals surface area (Å²) in [6, 6.07) is 8.71. The van der Waals surface area contributed by atoms with Crippen LogP contribution in [0.2, 0.25) is 5.02 Å². The molecule has 6 heteroatoms. The summed E-state index contributed by atoms with van der Waals surface area (Å²) in [5, 5.41) is 17.6. The number of aromatic nitrogens is 2. The fraction of sp³-hybridized carbons (Fsp3) is 0.375. The van der Waals surface area contributed by atoms with Crippen molar-refractivity contribution in [3.8, 4) is 0 Å². The Morgan fingerprint density at radius 3 is 2.77 bits per heavy atom. The summed E-state index contributed by atoms with van der Waals surface area (Å²) in [6.07, 6.45) is 2.84. The van der Waals surface area contributed by atoms with E-state index in [4.69, 9.17) is 11.6 Å². The van der Waals surface area contributed by atoms with E-state index in [9.17, 15) is 9.90 Å². The van der Waals surface area contributed by atoms with Crippen LogP contribution in [0, 0.1) is 5.92 Å². The summed E-state index contributed by atoms with van der Waals surface area (Å²) in [6.45, 7) is 3.33. The average molecular weight is 322 g/mol. The molecule has 22 heavy (non-hydrogen) atoms. The first-order valence-corrected chi connectivity index (χ1v) is 7.60. The quantitative estimate of drug-likeness (QED) is 0.823. The molecule has 2 atom stereocenters. The Balaban J connectivity index is 1.74. The number of carbonyl (C=O) groups is 1. The number of hydrogen-bond donors (Lipinski definition) is 2.